The molecule has 3 rings (SSSR count). The standard InChI is InChI=1S/C19H15F5N2O2/c20-12-2-1-11(9-14(12)22)19(28)26-7-5-10(6-8-26)18(27)25-15-4-3-13(21)16(23)17(15)24/h1-4,9-10H,5-8H2,(H,25,27). The number of hydrogen-bond acceptors (Lipinski definition) is 2. The highest BCUT2D eigenvalue weighted by atomic mass is 19.2. The zero-order valence-corrected chi connectivity index (χ0v) is 14.4. The van der Waals surface area contributed by atoms with E-state index < -0.39 is 52.5 Å². The van der Waals surface area contributed by atoms with E-state index in [-0.39, 0.29) is 31.5 Å². The Morgan fingerprint density at radius 2 is 1.50 bits per heavy atom. The predicted molar refractivity (Wildman–Crippen MR) is 89.9 cm³/mol. The van der Waals surface area contributed by atoms with Crippen molar-refractivity contribution in [3.63, 3.8) is 0 Å². The maximum absolute atomic E-state index is 13.7. The van der Waals surface area contributed by atoms with Crippen molar-refractivity contribution in [3.8, 4) is 0 Å². The summed E-state index contributed by atoms with van der Waals surface area (Å²) in [4.78, 5) is 26.0. The van der Waals surface area contributed by atoms with Gasteiger partial charge in [-0.05, 0) is 43.2 Å². The second-order valence-electron chi connectivity index (χ2n) is 6.41. The zero-order valence-electron chi connectivity index (χ0n) is 14.4. The summed E-state index contributed by atoms with van der Waals surface area (Å²) in [7, 11) is 0. The van der Waals surface area contributed by atoms with Gasteiger partial charge in [0.2, 0.25) is 5.91 Å². The van der Waals surface area contributed by atoms with Crippen molar-refractivity contribution in [2.75, 3.05) is 18.4 Å². The number of piperidine rings is 1. The van der Waals surface area contributed by atoms with Crippen molar-refractivity contribution in [2.24, 2.45) is 5.92 Å². The van der Waals surface area contributed by atoms with Gasteiger partial charge in [0, 0.05) is 24.6 Å². The molecule has 0 unspecified atom stereocenters. The third-order valence-electron chi connectivity index (χ3n) is 4.61. The third-order valence-corrected chi connectivity index (χ3v) is 4.61. The number of anilines is 1. The van der Waals surface area contributed by atoms with Crippen LogP contribution >= 0.6 is 0 Å². The van der Waals surface area contributed by atoms with Crippen LogP contribution in [0.2, 0.25) is 0 Å². The van der Waals surface area contributed by atoms with Crippen molar-refractivity contribution in [2.45, 2.75) is 12.8 Å². The normalized spacial score (nSPS) is 14.8. The molecule has 148 valence electrons. The first-order chi connectivity index (χ1) is 13.3. The molecule has 2 aromatic rings. The Bertz CT molecular complexity index is 927. The van der Waals surface area contributed by atoms with Gasteiger partial charge in [0.05, 0.1) is 5.69 Å². The number of benzene rings is 2. The molecular formula is C19H15F5N2O2. The van der Waals surface area contributed by atoms with E-state index in [4.69, 9.17) is 0 Å². The number of amides is 2. The molecule has 0 aromatic heterocycles. The van der Waals surface area contributed by atoms with Crippen LogP contribution in [-0.4, -0.2) is 29.8 Å². The van der Waals surface area contributed by atoms with Gasteiger partial charge in [0.25, 0.3) is 5.91 Å². The third kappa shape index (κ3) is 3.97. The molecule has 0 bridgehead atoms. The fourth-order valence-corrected chi connectivity index (χ4v) is 3.01. The minimum absolute atomic E-state index is 0.00865. The van der Waals surface area contributed by atoms with Crippen molar-refractivity contribution < 1.29 is 31.5 Å². The monoisotopic (exact) mass is 398 g/mol. The molecule has 1 aliphatic rings. The molecule has 2 amide bonds. The summed E-state index contributed by atoms with van der Waals surface area (Å²) in [6.07, 6.45) is 0.485. The number of carbonyl (C=O) groups excluding carboxylic acids is 2. The van der Waals surface area contributed by atoms with Crippen LogP contribution < -0.4 is 5.32 Å². The van der Waals surface area contributed by atoms with Crippen molar-refractivity contribution in [1.82, 2.24) is 4.90 Å². The molecule has 1 heterocycles. The quantitative estimate of drug-likeness (QED) is 0.630. The minimum atomic E-state index is -1.68. The molecule has 2 aromatic carbocycles. The van der Waals surface area contributed by atoms with Gasteiger partial charge in [-0.3, -0.25) is 9.59 Å². The fraction of sp³-hybridized carbons (Fsp3) is 0.263. The molecule has 0 spiro atoms. The van der Waals surface area contributed by atoms with Gasteiger partial charge in [-0.15, -0.1) is 0 Å². The van der Waals surface area contributed by atoms with Crippen molar-refractivity contribution in [1.29, 1.82) is 0 Å². The molecule has 0 saturated carbocycles. The number of halogens is 5. The number of nitrogens with zero attached hydrogens (tertiary/aromatic N) is 1. The van der Waals surface area contributed by atoms with Gasteiger partial charge < -0.3 is 10.2 Å². The molecule has 0 radical (unpaired) electrons. The number of nitrogens with one attached hydrogen (secondary N) is 1. The smallest absolute Gasteiger partial charge is 0.253 e. The van der Waals surface area contributed by atoms with Crippen molar-refractivity contribution >= 4 is 17.5 Å². The van der Waals surface area contributed by atoms with Gasteiger partial charge in [0.15, 0.2) is 29.1 Å². The van der Waals surface area contributed by atoms with Crippen LogP contribution in [0, 0.1) is 35.0 Å². The number of likely N-dealkylation sites (tertiary alicyclic amines) is 1. The maximum Gasteiger partial charge on any atom is 0.253 e. The highest BCUT2D eigenvalue weighted by molar-refractivity contribution is 5.95. The largest absolute Gasteiger partial charge is 0.339 e. The van der Waals surface area contributed by atoms with E-state index in [1.54, 1.807) is 0 Å². The van der Waals surface area contributed by atoms with Gasteiger partial charge >= 0.3 is 0 Å². The molecule has 28 heavy (non-hydrogen) atoms. The molecule has 1 fully saturated rings. The van der Waals surface area contributed by atoms with Gasteiger partial charge in [-0.25, -0.2) is 22.0 Å². The first kappa shape index (κ1) is 19.8. The lowest BCUT2D eigenvalue weighted by Gasteiger charge is -2.31. The molecule has 0 aliphatic carbocycles. The van der Waals surface area contributed by atoms with Crippen LogP contribution in [0.5, 0.6) is 0 Å². The summed E-state index contributed by atoms with van der Waals surface area (Å²) in [6, 6.07) is 4.47. The van der Waals surface area contributed by atoms with Crippen LogP contribution in [0.4, 0.5) is 27.6 Å². The zero-order chi connectivity index (χ0) is 20.4. The molecule has 9 heteroatoms. The van der Waals surface area contributed by atoms with E-state index in [2.05, 4.69) is 5.32 Å². The van der Waals surface area contributed by atoms with E-state index in [0.717, 1.165) is 18.2 Å². The van der Waals surface area contributed by atoms with Gasteiger partial charge in [-0.2, -0.15) is 0 Å². The second kappa shape index (κ2) is 7.95. The highest BCUT2D eigenvalue weighted by Gasteiger charge is 2.29. The van der Waals surface area contributed by atoms with E-state index in [1.165, 1.54) is 11.0 Å². The topological polar surface area (TPSA) is 49.4 Å². The number of hydrogen-bond donors (Lipinski definition) is 1. The number of rotatable bonds is 3. The molecule has 1 aliphatic heterocycles. The first-order valence-corrected chi connectivity index (χ1v) is 8.46. The van der Waals surface area contributed by atoms with Crippen LogP contribution in [-0.2, 0) is 4.79 Å². The van der Waals surface area contributed by atoms with E-state index in [9.17, 15) is 31.5 Å². The molecule has 0 atom stereocenters. The highest BCUT2D eigenvalue weighted by Crippen LogP contribution is 2.24. The molecular weight excluding hydrogens is 383 g/mol. The predicted octanol–water partition coefficient (Wildman–Crippen LogP) is 3.87. The summed E-state index contributed by atoms with van der Waals surface area (Å²) >= 11 is 0. The van der Waals surface area contributed by atoms with Crippen LogP contribution in [0.15, 0.2) is 30.3 Å². The maximum atomic E-state index is 13.7. The summed E-state index contributed by atoms with van der Waals surface area (Å²) in [5.74, 6) is -8.36. The second-order valence-corrected chi connectivity index (χ2v) is 6.41. The first-order valence-electron chi connectivity index (χ1n) is 8.46. The Morgan fingerprint density at radius 1 is 0.857 bits per heavy atom. The van der Waals surface area contributed by atoms with Crippen LogP contribution in [0.25, 0.3) is 0 Å². The summed E-state index contributed by atoms with van der Waals surface area (Å²) in [5.41, 5.74) is -0.477. The Labute approximate surface area is 156 Å². The average Bonchev–Trinajstić information content (AvgIpc) is 2.70. The Kier molecular flexibility index (Phi) is 5.62. The Balaban J connectivity index is 1.60. The lowest BCUT2D eigenvalue weighted by molar-refractivity contribution is -0.121. The minimum Gasteiger partial charge on any atom is -0.339 e. The fourth-order valence-electron chi connectivity index (χ4n) is 3.01. The molecule has 4 nitrogen and oxygen atoms in total. The summed E-state index contributed by atoms with van der Waals surface area (Å²) in [5, 5.41) is 2.22. The lowest BCUT2D eigenvalue weighted by atomic mass is 9.95. The van der Waals surface area contributed by atoms with E-state index >= 15 is 0 Å². The lowest BCUT2D eigenvalue weighted by Crippen LogP contribution is -2.41. The number of carbonyl (C=O) groups is 2. The summed E-state index contributed by atoms with van der Waals surface area (Å²) < 4.78 is 66.1. The van der Waals surface area contributed by atoms with Crippen LogP contribution in [0.1, 0.15) is 23.2 Å². The summed E-state index contributed by atoms with van der Waals surface area (Å²) in [6.45, 7) is 0.354. The Hall–Kier alpha value is -2.97. The van der Waals surface area contributed by atoms with E-state index in [0.29, 0.717) is 6.07 Å². The van der Waals surface area contributed by atoms with E-state index in [1.807, 2.05) is 0 Å². The van der Waals surface area contributed by atoms with Gasteiger partial charge in [0.1, 0.15) is 0 Å². The van der Waals surface area contributed by atoms with Crippen LogP contribution in [0.3, 0.4) is 0 Å². The molecule has 1 saturated heterocycles. The molecule has 1 N–H and O–H groups in total. The Morgan fingerprint density at radius 3 is 2.14 bits per heavy atom. The average molecular weight is 398 g/mol. The SMILES string of the molecule is O=C(Nc1ccc(F)c(F)c1F)C1CCN(C(=O)c2ccc(F)c(F)c2)CC1. The van der Waals surface area contributed by atoms with Crippen molar-refractivity contribution in [3.05, 3.63) is 65.0 Å². The van der Waals surface area contributed by atoms with Gasteiger partial charge in [-0.1, -0.05) is 0 Å².